The number of H-pyrrole nitrogens is 1. The van der Waals surface area contributed by atoms with Crippen LogP contribution >= 0.6 is 0 Å². The fourth-order valence-electron chi connectivity index (χ4n) is 0.642. The van der Waals surface area contributed by atoms with Crippen LogP contribution in [0.1, 0.15) is 13.3 Å². The van der Waals surface area contributed by atoms with Gasteiger partial charge in [-0.3, -0.25) is 0 Å². The van der Waals surface area contributed by atoms with Crippen molar-refractivity contribution in [2.45, 2.75) is 13.3 Å². The summed E-state index contributed by atoms with van der Waals surface area (Å²) in [7, 11) is 0. The van der Waals surface area contributed by atoms with Crippen LogP contribution in [0.5, 0.6) is 0 Å². The summed E-state index contributed by atoms with van der Waals surface area (Å²) in [6.45, 7) is 5.58. The number of rotatable bonds is 3. The van der Waals surface area contributed by atoms with Crippen LogP contribution in [0.3, 0.4) is 0 Å². The van der Waals surface area contributed by atoms with E-state index < -0.39 is 0 Å². The fraction of sp³-hybridized carbons (Fsp3) is 0.167. The van der Waals surface area contributed by atoms with Gasteiger partial charge < -0.3 is 4.98 Å². The molecule has 1 aromatic heterocycles. The van der Waals surface area contributed by atoms with Crippen molar-refractivity contribution >= 4 is 0 Å². The van der Waals surface area contributed by atoms with Gasteiger partial charge in [-0.2, -0.15) is 0 Å². The molecule has 0 saturated heterocycles. The third kappa shape index (κ3) is 13.7. The summed E-state index contributed by atoms with van der Waals surface area (Å²) in [6, 6.07) is 3.89. The molecule has 0 amide bonds. The van der Waals surface area contributed by atoms with Gasteiger partial charge in [-0.25, -0.2) is 0 Å². The summed E-state index contributed by atoms with van der Waals surface area (Å²) in [5.74, 6) is 0. The predicted octanol–water partition coefficient (Wildman–Crippen LogP) is 3.71. The Morgan fingerprint density at radius 1 is 1.21 bits per heavy atom. The van der Waals surface area contributed by atoms with E-state index in [1.54, 1.807) is 0 Å². The molecule has 0 spiro atoms. The van der Waals surface area contributed by atoms with Crippen LogP contribution < -0.4 is 0 Å². The number of hydrogen-bond donors (Lipinski definition) is 1. The Hall–Kier alpha value is -0.877. The minimum Gasteiger partial charge on any atom is -0.368 e. The molecule has 0 radical (unpaired) electrons. The minimum absolute atomic E-state index is 0. The molecule has 0 unspecified atom stereocenters. The molecule has 0 saturated carbocycles. The maximum Gasteiger partial charge on any atom is 0.000496 e. The molecule has 1 heterocycles. The first kappa shape index (κ1) is 15.6. The van der Waals surface area contributed by atoms with E-state index in [0.717, 1.165) is 6.42 Å². The molecule has 2 heteroatoms. The van der Waals surface area contributed by atoms with Crippen LogP contribution in [0.15, 0.2) is 61.5 Å². The first-order valence-corrected chi connectivity index (χ1v) is 4.38. The van der Waals surface area contributed by atoms with Gasteiger partial charge in [-0.15, -0.1) is 6.58 Å². The zero-order valence-corrected chi connectivity index (χ0v) is 10.2. The van der Waals surface area contributed by atoms with Crippen molar-refractivity contribution in [2.24, 2.45) is 0 Å². The SMILES string of the molecule is C=CCC=CC=CC.[Ru].c1cc[nH]c1. The van der Waals surface area contributed by atoms with Crippen molar-refractivity contribution in [3.8, 4) is 0 Å². The summed E-state index contributed by atoms with van der Waals surface area (Å²) in [6.07, 6.45) is 14.7. The van der Waals surface area contributed by atoms with Crippen LogP contribution in [0.4, 0.5) is 0 Å². The van der Waals surface area contributed by atoms with Gasteiger partial charge in [0.25, 0.3) is 0 Å². The van der Waals surface area contributed by atoms with E-state index in [9.17, 15) is 0 Å². The number of hydrogen-bond acceptors (Lipinski definition) is 0. The Kier molecular flexibility index (Phi) is 16.3. The van der Waals surface area contributed by atoms with E-state index >= 15 is 0 Å². The van der Waals surface area contributed by atoms with Crippen LogP contribution in [0.2, 0.25) is 0 Å². The maximum atomic E-state index is 3.58. The average molecular weight is 276 g/mol. The first-order chi connectivity index (χ1) is 6.41. The van der Waals surface area contributed by atoms with E-state index in [-0.39, 0.29) is 19.5 Å². The van der Waals surface area contributed by atoms with E-state index in [2.05, 4.69) is 17.6 Å². The molecular weight excluding hydrogens is 259 g/mol. The van der Waals surface area contributed by atoms with E-state index in [4.69, 9.17) is 0 Å². The molecule has 1 aromatic rings. The number of allylic oxidation sites excluding steroid dienone is 5. The Labute approximate surface area is 99.4 Å². The molecule has 78 valence electrons. The van der Waals surface area contributed by atoms with Gasteiger partial charge >= 0.3 is 0 Å². The molecule has 1 N–H and O–H groups in total. The number of aromatic amines is 1. The monoisotopic (exact) mass is 277 g/mol. The maximum absolute atomic E-state index is 3.58. The second-order valence-electron chi connectivity index (χ2n) is 2.36. The van der Waals surface area contributed by atoms with Gasteiger partial charge in [0.1, 0.15) is 0 Å². The predicted molar refractivity (Wildman–Crippen MR) is 59.6 cm³/mol. The van der Waals surface area contributed by atoms with Crippen LogP contribution in [0.25, 0.3) is 0 Å². The summed E-state index contributed by atoms with van der Waals surface area (Å²) in [5.41, 5.74) is 0. The Morgan fingerprint density at radius 2 is 1.86 bits per heavy atom. The molecule has 0 aliphatic heterocycles. The van der Waals surface area contributed by atoms with Crippen molar-refractivity contribution < 1.29 is 19.5 Å². The molecule has 0 aromatic carbocycles. The van der Waals surface area contributed by atoms with Gasteiger partial charge in [0.2, 0.25) is 0 Å². The summed E-state index contributed by atoms with van der Waals surface area (Å²) in [5, 5.41) is 0. The van der Waals surface area contributed by atoms with Crippen LogP contribution in [-0.2, 0) is 19.5 Å². The van der Waals surface area contributed by atoms with E-state index in [0.29, 0.717) is 0 Å². The molecule has 1 rings (SSSR count). The molecule has 14 heavy (non-hydrogen) atoms. The molecule has 0 aliphatic carbocycles. The van der Waals surface area contributed by atoms with Gasteiger partial charge in [0.05, 0.1) is 0 Å². The summed E-state index contributed by atoms with van der Waals surface area (Å²) < 4.78 is 0. The third-order valence-corrected chi connectivity index (χ3v) is 1.24. The Balaban J connectivity index is 0. The van der Waals surface area contributed by atoms with Crippen molar-refractivity contribution in [1.29, 1.82) is 0 Å². The van der Waals surface area contributed by atoms with Crippen LogP contribution in [0, 0.1) is 0 Å². The molecule has 0 bridgehead atoms. The largest absolute Gasteiger partial charge is 0.368 e. The molecular formula is C12H17NRu. The normalized spacial score (nSPS) is 9.21. The minimum atomic E-state index is 0. The van der Waals surface area contributed by atoms with Gasteiger partial charge in [-0.05, 0) is 25.5 Å². The zero-order chi connectivity index (χ0) is 9.78. The standard InChI is InChI=1S/C8H12.C4H5N.Ru/c1-3-5-7-8-6-4-2;1-2-4-5-3-1;/h3-4,6-8H,1,5H2,2H3;1-5H;. The van der Waals surface area contributed by atoms with Gasteiger partial charge in [0, 0.05) is 31.9 Å². The van der Waals surface area contributed by atoms with Gasteiger partial charge in [0.15, 0.2) is 0 Å². The Morgan fingerprint density at radius 3 is 2.21 bits per heavy atom. The average Bonchev–Trinajstić information content (AvgIpc) is 2.70. The molecule has 1 nitrogen and oxygen atoms in total. The fourth-order valence-corrected chi connectivity index (χ4v) is 0.642. The zero-order valence-electron chi connectivity index (χ0n) is 8.46. The molecule has 0 aliphatic rings. The van der Waals surface area contributed by atoms with Gasteiger partial charge in [-0.1, -0.05) is 30.4 Å². The topological polar surface area (TPSA) is 15.8 Å². The molecule has 0 atom stereocenters. The summed E-state index contributed by atoms with van der Waals surface area (Å²) in [4.78, 5) is 2.86. The molecule has 0 fully saturated rings. The van der Waals surface area contributed by atoms with Crippen molar-refractivity contribution in [2.75, 3.05) is 0 Å². The van der Waals surface area contributed by atoms with E-state index in [1.165, 1.54) is 0 Å². The second-order valence-corrected chi connectivity index (χ2v) is 2.36. The Bertz CT molecular complexity index is 218. The van der Waals surface area contributed by atoms with Crippen molar-refractivity contribution in [3.63, 3.8) is 0 Å². The smallest absolute Gasteiger partial charge is 0.000496 e. The van der Waals surface area contributed by atoms with Crippen molar-refractivity contribution in [1.82, 2.24) is 4.98 Å². The second kappa shape index (κ2) is 14.6. The summed E-state index contributed by atoms with van der Waals surface area (Å²) >= 11 is 0. The van der Waals surface area contributed by atoms with Crippen molar-refractivity contribution in [3.05, 3.63) is 61.5 Å². The van der Waals surface area contributed by atoms with E-state index in [1.807, 2.05) is 55.8 Å². The number of nitrogens with one attached hydrogen (secondary N) is 1. The third-order valence-electron chi connectivity index (χ3n) is 1.24. The quantitative estimate of drug-likeness (QED) is 0.492. The first-order valence-electron chi connectivity index (χ1n) is 4.38. The number of aromatic nitrogens is 1. The van der Waals surface area contributed by atoms with Crippen LogP contribution in [-0.4, -0.2) is 4.98 Å².